The van der Waals surface area contributed by atoms with Crippen LogP contribution in [-0.2, 0) is 85.7 Å². The van der Waals surface area contributed by atoms with Crippen LogP contribution in [0, 0.1) is 0 Å². The number of aliphatic hydroxyl groups excluding tert-OH is 2. The van der Waals surface area contributed by atoms with E-state index in [1.165, 1.54) is 12.1 Å². The van der Waals surface area contributed by atoms with Gasteiger partial charge in [0.2, 0.25) is 37.4 Å². The van der Waals surface area contributed by atoms with Gasteiger partial charge in [0.05, 0.1) is 22.3 Å². The molecule has 2 saturated heterocycles. The molecular weight excluding hydrogens is 1120 g/mol. The zero-order valence-electron chi connectivity index (χ0n) is 47.3. The molecule has 4 aromatic rings. The maximum absolute atomic E-state index is 12.8. The second-order valence-electron chi connectivity index (χ2n) is 20.7. The lowest BCUT2D eigenvalue weighted by Gasteiger charge is -2.44. The Morgan fingerprint density at radius 3 is 1.04 bits per heavy atom. The Labute approximate surface area is 477 Å². The number of hydrogen-bond donors (Lipinski definition) is 6. The van der Waals surface area contributed by atoms with E-state index in [0.29, 0.717) is 0 Å². The summed E-state index contributed by atoms with van der Waals surface area (Å²) >= 11 is 0. The Morgan fingerprint density at radius 2 is 0.750 bits per heavy atom. The highest BCUT2D eigenvalue weighted by atomic mass is 16.8. The number of phenols is 4. The maximum atomic E-state index is 12.8. The summed E-state index contributed by atoms with van der Waals surface area (Å²) in [5.41, 5.74) is -1.37. The van der Waals surface area contributed by atoms with E-state index in [1.54, 1.807) is 27.7 Å². The average molecular weight is 1180 g/mol. The molecule has 8 rings (SSSR count). The smallest absolute Gasteiger partial charge is 0.303 e. The molecule has 4 heterocycles. The Balaban J connectivity index is 1.35. The summed E-state index contributed by atoms with van der Waals surface area (Å²) in [4.78, 5) is 99.9. The topological polar surface area (TPSA) is 387 Å². The molecule has 0 aromatic heterocycles. The predicted octanol–water partition coefficient (Wildman–Crippen LogP) is 4.42. The number of hydrogen-bond acceptors (Lipinski definition) is 28. The van der Waals surface area contributed by atoms with Crippen LogP contribution >= 0.6 is 0 Å². The van der Waals surface area contributed by atoms with Crippen molar-refractivity contribution in [3.05, 3.63) is 34.4 Å². The van der Waals surface area contributed by atoms with E-state index < -0.39 is 192 Å². The third-order valence-corrected chi connectivity index (χ3v) is 13.8. The van der Waals surface area contributed by atoms with E-state index in [4.69, 9.17) is 66.3 Å². The van der Waals surface area contributed by atoms with Crippen molar-refractivity contribution in [1.29, 1.82) is 0 Å². The number of aromatic hydroxyl groups is 4. The van der Waals surface area contributed by atoms with Crippen molar-refractivity contribution in [2.24, 2.45) is 0 Å². The molecule has 0 spiro atoms. The lowest BCUT2D eigenvalue weighted by molar-refractivity contribution is -0.289. The molecule has 12 atom stereocenters. The van der Waals surface area contributed by atoms with Crippen LogP contribution in [0.3, 0.4) is 0 Å². The molecule has 0 bridgehead atoms. The van der Waals surface area contributed by atoms with Crippen LogP contribution in [0.1, 0.15) is 130 Å². The number of esters is 8. The highest BCUT2D eigenvalue weighted by molar-refractivity contribution is 6.11. The summed E-state index contributed by atoms with van der Waals surface area (Å²) in [7, 11) is 0. The van der Waals surface area contributed by atoms with Crippen molar-refractivity contribution < 1.29 is 135 Å². The van der Waals surface area contributed by atoms with Crippen molar-refractivity contribution in [2.45, 2.75) is 169 Å². The summed E-state index contributed by atoms with van der Waals surface area (Å²) < 4.78 is 81.2. The fourth-order valence-electron chi connectivity index (χ4n) is 11.0. The normalized spacial score (nSPS) is 24.8. The van der Waals surface area contributed by atoms with Crippen molar-refractivity contribution in [1.82, 2.24) is 0 Å². The van der Waals surface area contributed by atoms with Gasteiger partial charge >= 0.3 is 47.8 Å². The fourth-order valence-corrected chi connectivity index (χ4v) is 11.0. The molecule has 454 valence electrons. The largest absolute Gasteiger partial charge is 0.507 e. The van der Waals surface area contributed by atoms with Crippen LogP contribution in [0.4, 0.5) is 0 Å². The second kappa shape index (κ2) is 23.9. The van der Waals surface area contributed by atoms with Crippen molar-refractivity contribution in [2.75, 3.05) is 13.2 Å². The number of rotatable bonds is 17. The van der Waals surface area contributed by atoms with E-state index in [0.717, 1.165) is 55.4 Å². The van der Waals surface area contributed by atoms with Crippen molar-refractivity contribution in [3.63, 3.8) is 0 Å². The third kappa shape index (κ3) is 11.7. The number of carbonyl (C=O) groups is 8. The van der Waals surface area contributed by atoms with Crippen LogP contribution in [0.5, 0.6) is 46.0 Å². The molecule has 0 aliphatic carbocycles. The van der Waals surface area contributed by atoms with E-state index in [1.807, 2.05) is 0 Å². The Bertz CT molecular complexity index is 3150. The van der Waals surface area contributed by atoms with E-state index in [9.17, 15) is 69.0 Å². The molecule has 0 amide bonds. The summed E-state index contributed by atoms with van der Waals surface area (Å²) in [6.45, 7) is 13.5. The molecule has 2 fully saturated rings. The van der Waals surface area contributed by atoms with Gasteiger partial charge in [0.25, 0.3) is 0 Å². The van der Waals surface area contributed by atoms with Crippen LogP contribution in [0.15, 0.2) is 12.1 Å². The van der Waals surface area contributed by atoms with Gasteiger partial charge < -0.3 is 97.0 Å². The molecular formula is C56H62O28. The van der Waals surface area contributed by atoms with Gasteiger partial charge in [0.1, 0.15) is 48.4 Å². The molecule has 4 aliphatic heterocycles. The van der Waals surface area contributed by atoms with Crippen LogP contribution in [0.2, 0.25) is 0 Å². The summed E-state index contributed by atoms with van der Waals surface area (Å²) in [5.74, 6) is -13.2. The first-order valence-electron chi connectivity index (χ1n) is 26.2. The first-order chi connectivity index (χ1) is 39.4. The first kappa shape index (κ1) is 61.5. The molecule has 2 unspecified atom stereocenters. The van der Waals surface area contributed by atoms with Gasteiger partial charge in [0, 0.05) is 77.3 Å². The summed E-state index contributed by atoms with van der Waals surface area (Å²) in [5, 5.41) is 73.1. The minimum atomic E-state index is -2.12. The van der Waals surface area contributed by atoms with Crippen LogP contribution < -0.4 is 18.9 Å². The number of carbonyl (C=O) groups excluding carboxylic acids is 8. The van der Waals surface area contributed by atoms with Crippen LogP contribution in [-0.4, -0.2) is 153 Å². The molecule has 0 saturated carbocycles. The van der Waals surface area contributed by atoms with Gasteiger partial charge in [-0.1, -0.05) is 27.7 Å². The lowest BCUT2D eigenvalue weighted by Crippen LogP contribution is -2.63. The zero-order chi connectivity index (χ0) is 61.8. The molecule has 28 heteroatoms. The molecule has 4 aromatic carbocycles. The monoisotopic (exact) mass is 1180 g/mol. The fraction of sp³-hybridized carbons (Fsp3) is 0.500. The SMILES string of the molecule is CC(=O)OC[C@H]1O[C@@H](Oc2c(O)c(C(C)C)c3cc(O)c(-c4c(O)cc5c(C(C)C)c(O)c(O[C@@H]6O[C@H](COC(C)=O)[C@@H](OC(C)=O)[C@H](OC(C)=O)[C@H]6OC(C)=O)c6c5c4OC6O)c4c3c2C(O)O4)[C@H](OC(C)=O)[C@@H](OC(C)=O)[C@@H]1OC(C)=O. The zero-order valence-corrected chi connectivity index (χ0v) is 47.3. The lowest BCUT2D eigenvalue weighted by atomic mass is 9.86. The standard InChI is InChI=1S/C56H62O28/c1-17(2)33-27-13-29(65)37(45-35(27)39(53(69)81-45)47(41(33)67)83-55-51(77-25(11)63)49(75-23(9)61)43(73-21(7)59)31(79-55)15-71-19(5)57)38-30(66)14-28-34(18(3)4)42(68)48(40-36(28)46(38)82-54(40)70)84-56-52(78-26(12)64)50(76-24(10)62)44(74-22(8)60)32(80-56)16-72-20(6)58/h13-14,17-18,31-32,43-44,49-56,65-70H,15-16H2,1-12H3/t31-,32-,43-,44-,49+,50+,51-,52-,53?,54?,55+,56+/m1/s1. The molecule has 4 aliphatic rings. The van der Waals surface area contributed by atoms with Crippen molar-refractivity contribution >= 4 is 69.3 Å². The Hall–Kier alpha value is -8.60. The third-order valence-electron chi connectivity index (χ3n) is 13.8. The van der Waals surface area contributed by atoms with E-state index in [2.05, 4.69) is 0 Å². The molecule has 28 nitrogen and oxygen atoms in total. The molecule has 0 radical (unpaired) electrons. The highest BCUT2D eigenvalue weighted by Crippen LogP contribution is 2.64. The highest BCUT2D eigenvalue weighted by Gasteiger charge is 2.56. The molecule has 84 heavy (non-hydrogen) atoms. The first-order valence-corrected chi connectivity index (χ1v) is 26.2. The minimum absolute atomic E-state index is 0.0532. The maximum Gasteiger partial charge on any atom is 0.303 e. The number of benzene rings is 4. The van der Waals surface area contributed by atoms with E-state index >= 15 is 0 Å². The van der Waals surface area contributed by atoms with E-state index in [-0.39, 0.29) is 55.3 Å². The van der Waals surface area contributed by atoms with Crippen molar-refractivity contribution in [3.8, 4) is 57.1 Å². The minimum Gasteiger partial charge on any atom is -0.507 e. The van der Waals surface area contributed by atoms with Gasteiger partial charge in [-0.3, -0.25) is 38.4 Å². The summed E-state index contributed by atoms with van der Waals surface area (Å²) in [6, 6.07) is 2.37. The predicted molar refractivity (Wildman–Crippen MR) is 278 cm³/mol. The number of aliphatic hydroxyl groups is 2. The van der Waals surface area contributed by atoms with Gasteiger partial charge in [-0.15, -0.1) is 0 Å². The number of phenolic OH excluding ortho intramolecular Hbond substituents is 4. The second-order valence-corrected chi connectivity index (χ2v) is 20.7. The number of ether oxygens (including phenoxy) is 14. The van der Waals surface area contributed by atoms with Gasteiger partial charge in [-0.25, -0.2) is 0 Å². The van der Waals surface area contributed by atoms with Gasteiger partial charge in [0.15, 0.2) is 47.4 Å². The quantitative estimate of drug-likeness (QED) is 0.0629. The van der Waals surface area contributed by atoms with Gasteiger partial charge in [-0.2, -0.15) is 0 Å². The Kier molecular flexibility index (Phi) is 17.5. The van der Waals surface area contributed by atoms with Gasteiger partial charge in [-0.05, 0) is 34.7 Å². The Morgan fingerprint density at radius 1 is 0.452 bits per heavy atom. The van der Waals surface area contributed by atoms with Crippen LogP contribution in [0.25, 0.3) is 32.7 Å². The average Bonchev–Trinajstić information content (AvgIpc) is 1.50. The summed E-state index contributed by atoms with van der Waals surface area (Å²) in [6.07, 6.45) is -21.5. The molecule has 6 N–H and O–H groups in total.